The Morgan fingerprint density at radius 1 is 0.889 bits per heavy atom. The summed E-state index contributed by atoms with van der Waals surface area (Å²) in [5.41, 5.74) is 3.03. The van der Waals surface area contributed by atoms with Crippen LogP contribution in [-0.4, -0.2) is 44.0 Å². The molecule has 3 rings (SSSR count). The molecule has 0 bridgehead atoms. The molecule has 1 heterocycles. The van der Waals surface area contributed by atoms with Crippen molar-refractivity contribution in [3.8, 4) is 0 Å². The minimum Gasteiger partial charge on any atom is -0.372 e. The van der Waals surface area contributed by atoms with Crippen LogP contribution in [0.1, 0.15) is 29.6 Å². The van der Waals surface area contributed by atoms with Gasteiger partial charge in [0.15, 0.2) is 0 Å². The molecule has 3 amide bonds. The zero-order valence-electron chi connectivity index (χ0n) is 15.9. The van der Waals surface area contributed by atoms with Crippen LogP contribution in [0, 0.1) is 0 Å². The van der Waals surface area contributed by atoms with Crippen LogP contribution in [0.4, 0.5) is 21.9 Å². The number of nitrogens with zero attached hydrogens (tertiary/aromatic N) is 2. The van der Waals surface area contributed by atoms with Crippen molar-refractivity contribution in [2.24, 2.45) is 0 Å². The molecular weight excluding hydrogens is 340 g/mol. The minimum absolute atomic E-state index is 0.104. The van der Waals surface area contributed by atoms with E-state index in [0.717, 1.165) is 18.8 Å². The number of anilines is 3. The third-order valence-electron chi connectivity index (χ3n) is 4.62. The first-order chi connectivity index (χ1) is 13.0. The standard InChI is InChI=1S/C21H26N4O2/c1-24(2)20(26)16-7-6-8-18(15-16)23-21(27)22-17-9-11-19(12-10-17)25-13-4-3-5-14-25/h6-12,15H,3-5,13-14H2,1-2H3,(H2,22,23,27). The van der Waals surface area contributed by atoms with Gasteiger partial charge in [-0.25, -0.2) is 4.79 Å². The maximum Gasteiger partial charge on any atom is 0.323 e. The van der Waals surface area contributed by atoms with Gasteiger partial charge in [-0.2, -0.15) is 0 Å². The van der Waals surface area contributed by atoms with Crippen LogP contribution in [0.25, 0.3) is 0 Å². The van der Waals surface area contributed by atoms with Crippen molar-refractivity contribution in [3.63, 3.8) is 0 Å². The van der Waals surface area contributed by atoms with E-state index in [-0.39, 0.29) is 11.9 Å². The van der Waals surface area contributed by atoms with Gasteiger partial charge in [0, 0.05) is 49.8 Å². The van der Waals surface area contributed by atoms with E-state index in [1.165, 1.54) is 29.8 Å². The molecule has 0 aliphatic carbocycles. The fraction of sp³-hybridized carbons (Fsp3) is 0.333. The van der Waals surface area contributed by atoms with Gasteiger partial charge in [0.1, 0.15) is 0 Å². The Kier molecular flexibility index (Phi) is 5.96. The summed E-state index contributed by atoms with van der Waals surface area (Å²) in [4.78, 5) is 28.2. The van der Waals surface area contributed by atoms with Gasteiger partial charge in [-0.05, 0) is 61.7 Å². The number of carbonyl (C=O) groups excluding carboxylic acids is 2. The van der Waals surface area contributed by atoms with Gasteiger partial charge in [0.05, 0.1) is 0 Å². The summed E-state index contributed by atoms with van der Waals surface area (Å²) in [5.74, 6) is -0.104. The zero-order valence-corrected chi connectivity index (χ0v) is 15.9. The average molecular weight is 366 g/mol. The second-order valence-electron chi connectivity index (χ2n) is 6.95. The lowest BCUT2D eigenvalue weighted by atomic mass is 10.1. The maximum absolute atomic E-state index is 12.3. The predicted octanol–water partition coefficient (Wildman–Crippen LogP) is 4.02. The molecule has 6 heteroatoms. The number of benzene rings is 2. The van der Waals surface area contributed by atoms with E-state index >= 15 is 0 Å². The summed E-state index contributed by atoms with van der Waals surface area (Å²) in [6.07, 6.45) is 3.77. The summed E-state index contributed by atoms with van der Waals surface area (Å²) in [6, 6.07) is 14.5. The number of amides is 3. The quantitative estimate of drug-likeness (QED) is 0.859. The number of nitrogens with one attached hydrogen (secondary N) is 2. The van der Waals surface area contributed by atoms with Crippen molar-refractivity contribution in [2.75, 3.05) is 42.7 Å². The molecule has 2 aromatic carbocycles. The highest BCUT2D eigenvalue weighted by atomic mass is 16.2. The van der Waals surface area contributed by atoms with Crippen LogP contribution >= 0.6 is 0 Å². The van der Waals surface area contributed by atoms with Crippen LogP contribution in [0.2, 0.25) is 0 Å². The Morgan fingerprint density at radius 2 is 1.56 bits per heavy atom. The second kappa shape index (κ2) is 8.58. The smallest absolute Gasteiger partial charge is 0.323 e. The summed E-state index contributed by atoms with van der Waals surface area (Å²) < 4.78 is 0. The molecule has 27 heavy (non-hydrogen) atoms. The summed E-state index contributed by atoms with van der Waals surface area (Å²) in [6.45, 7) is 2.19. The van der Waals surface area contributed by atoms with Gasteiger partial charge in [-0.1, -0.05) is 6.07 Å². The molecule has 1 saturated heterocycles. The van der Waals surface area contributed by atoms with E-state index < -0.39 is 0 Å². The highest BCUT2D eigenvalue weighted by Crippen LogP contribution is 2.22. The van der Waals surface area contributed by atoms with Crippen molar-refractivity contribution in [3.05, 3.63) is 54.1 Å². The van der Waals surface area contributed by atoms with Crippen molar-refractivity contribution >= 4 is 29.0 Å². The SMILES string of the molecule is CN(C)C(=O)c1cccc(NC(=O)Nc2ccc(N3CCCCC3)cc2)c1. The molecule has 0 unspecified atom stereocenters. The van der Waals surface area contributed by atoms with Gasteiger partial charge in [0.25, 0.3) is 5.91 Å². The fourth-order valence-corrected chi connectivity index (χ4v) is 3.19. The van der Waals surface area contributed by atoms with E-state index in [1.54, 1.807) is 38.4 Å². The number of piperidine rings is 1. The Bertz CT molecular complexity index is 796. The molecule has 0 saturated carbocycles. The molecule has 6 nitrogen and oxygen atoms in total. The Labute approximate surface area is 160 Å². The first-order valence-electron chi connectivity index (χ1n) is 9.28. The molecule has 0 aromatic heterocycles. The van der Waals surface area contributed by atoms with E-state index in [2.05, 4.69) is 15.5 Å². The number of urea groups is 1. The molecule has 142 valence electrons. The molecule has 2 N–H and O–H groups in total. The Balaban J connectivity index is 1.59. The first-order valence-corrected chi connectivity index (χ1v) is 9.28. The molecule has 0 spiro atoms. The van der Waals surface area contributed by atoms with Gasteiger partial charge >= 0.3 is 6.03 Å². The summed E-state index contributed by atoms with van der Waals surface area (Å²) in [5, 5.41) is 5.60. The van der Waals surface area contributed by atoms with Gasteiger partial charge in [-0.15, -0.1) is 0 Å². The van der Waals surface area contributed by atoms with E-state index in [1.807, 2.05) is 24.3 Å². The van der Waals surface area contributed by atoms with Crippen molar-refractivity contribution in [1.29, 1.82) is 0 Å². The molecule has 0 radical (unpaired) electrons. The Morgan fingerprint density at radius 3 is 2.22 bits per heavy atom. The van der Waals surface area contributed by atoms with Crippen LogP contribution in [0.5, 0.6) is 0 Å². The van der Waals surface area contributed by atoms with E-state index in [4.69, 9.17) is 0 Å². The predicted molar refractivity (Wildman–Crippen MR) is 110 cm³/mol. The van der Waals surface area contributed by atoms with Gasteiger partial charge in [0.2, 0.25) is 0 Å². The zero-order chi connectivity index (χ0) is 19.2. The molecular formula is C21H26N4O2. The van der Waals surface area contributed by atoms with Crippen molar-refractivity contribution < 1.29 is 9.59 Å². The minimum atomic E-state index is -0.338. The lowest BCUT2D eigenvalue weighted by Gasteiger charge is -2.28. The molecule has 1 aliphatic heterocycles. The lowest BCUT2D eigenvalue weighted by molar-refractivity contribution is 0.0827. The molecule has 1 aliphatic rings. The topological polar surface area (TPSA) is 64.7 Å². The largest absolute Gasteiger partial charge is 0.372 e. The fourth-order valence-electron chi connectivity index (χ4n) is 3.19. The maximum atomic E-state index is 12.3. The van der Waals surface area contributed by atoms with E-state index in [9.17, 15) is 9.59 Å². The van der Waals surface area contributed by atoms with Gasteiger partial charge < -0.3 is 20.4 Å². The highest BCUT2D eigenvalue weighted by Gasteiger charge is 2.12. The Hall–Kier alpha value is -3.02. The normalized spacial score (nSPS) is 13.8. The van der Waals surface area contributed by atoms with Crippen molar-refractivity contribution in [1.82, 2.24) is 4.90 Å². The summed E-state index contributed by atoms with van der Waals surface area (Å²) >= 11 is 0. The lowest BCUT2D eigenvalue weighted by Crippen LogP contribution is -2.29. The number of rotatable bonds is 4. The van der Waals surface area contributed by atoms with Gasteiger partial charge in [-0.3, -0.25) is 4.79 Å². The number of hydrogen-bond acceptors (Lipinski definition) is 3. The average Bonchev–Trinajstić information content (AvgIpc) is 2.68. The molecule has 2 aromatic rings. The number of carbonyl (C=O) groups is 2. The molecule has 1 fully saturated rings. The third-order valence-corrected chi connectivity index (χ3v) is 4.62. The highest BCUT2D eigenvalue weighted by molar-refractivity contribution is 6.01. The van der Waals surface area contributed by atoms with Crippen LogP contribution < -0.4 is 15.5 Å². The van der Waals surface area contributed by atoms with Crippen LogP contribution in [0.15, 0.2) is 48.5 Å². The molecule has 0 atom stereocenters. The number of hydrogen-bond donors (Lipinski definition) is 2. The third kappa shape index (κ3) is 5.00. The van der Waals surface area contributed by atoms with Crippen LogP contribution in [-0.2, 0) is 0 Å². The second-order valence-corrected chi connectivity index (χ2v) is 6.95. The first kappa shape index (κ1) is 18.8. The van der Waals surface area contributed by atoms with Crippen LogP contribution in [0.3, 0.4) is 0 Å². The summed E-state index contributed by atoms with van der Waals surface area (Å²) in [7, 11) is 3.39. The van der Waals surface area contributed by atoms with E-state index in [0.29, 0.717) is 11.3 Å². The van der Waals surface area contributed by atoms with Crippen molar-refractivity contribution in [2.45, 2.75) is 19.3 Å². The monoisotopic (exact) mass is 366 g/mol.